The molecule has 0 saturated heterocycles. The highest BCUT2D eigenvalue weighted by Crippen LogP contribution is 2.69. The van der Waals surface area contributed by atoms with Crippen LogP contribution in [0.1, 0.15) is 23.1 Å². The summed E-state index contributed by atoms with van der Waals surface area (Å²) in [6.45, 7) is 0. The van der Waals surface area contributed by atoms with E-state index in [0.717, 1.165) is 16.7 Å². The van der Waals surface area contributed by atoms with Gasteiger partial charge in [0, 0.05) is 17.5 Å². The molecule has 1 aliphatic rings. The highest BCUT2D eigenvalue weighted by atomic mass is 16.6. The Balaban J connectivity index is 1.95. The van der Waals surface area contributed by atoms with E-state index in [4.69, 9.17) is 4.74 Å². The van der Waals surface area contributed by atoms with E-state index in [1.165, 1.54) is 19.2 Å². The maximum Gasteiger partial charge on any atom is 0.317 e. The molecular weight excluding hydrogens is 354 g/mol. The minimum atomic E-state index is -0.875. The summed E-state index contributed by atoms with van der Waals surface area (Å²) in [5.41, 5.74) is 1.23. The molecule has 1 saturated carbocycles. The summed E-state index contributed by atoms with van der Waals surface area (Å²) < 4.78 is 5.24. The molecule has 3 aromatic rings. The number of nitrogens with zero attached hydrogens (tertiary/aromatic N) is 1. The van der Waals surface area contributed by atoms with Crippen LogP contribution in [-0.4, -0.2) is 18.0 Å². The molecule has 1 fully saturated rings. The van der Waals surface area contributed by atoms with Crippen molar-refractivity contribution in [2.24, 2.45) is 0 Å². The van der Waals surface area contributed by atoms with Crippen LogP contribution in [0.4, 0.5) is 5.69 Å². The number of ether oxygens (including phenoxy) is 1. The summed E-state index contributed by atoms with van der Waals surface area (Å²) in [6.07, 6.45) is 0.540. The van der Waals surface area contributed by atoms with Gasteiger partial charge in [-0.3, -0.25) is 14.9 Å². The average Bonchev–Trinajstić information content (AvgIpc) is 3.47. The van der Waals surface area contributed by atoms with Crippen LogP contribution < -0.4 is 0 Å². The van der Waals surface area contributed by atoms with E-state index in [-0.39, 0.29) is 11.7 Å². The van der Waals surface area contributed by atoms with E-state index in [2.05, 4.69) is 0 Å². The maximum absolute atomic E-state index is 13.1. The minimum absolute atomic E-state index is 0.0241. The van der Waals surface area contributed by atoms with Gasteiger partial charge in [-0.25, -0.2) is 0 Å². The molecule has 0 radical (unpaired) electrons. The van der Waals surface area contributed by atoms with Crippen molar-refractivity contribution in [3.63, 3.8) is 0 Å². The number of esters is 1. The lowest BCUT2D eigenvalue weighted by molar-refractivity contribution is -0.384. The van der Waals surface area contributed by atoms with Gasteiger partial charge in [0.15, 0.2) is 0 Å². The SMILES string of the molecule is COC(=O)[C@@]1(c2ccccc2)C[C@@]1(c1ccccc1)c1ccc([N+](=O)[O-])cc1. The number of carbonyl (C=O) groups is 1. The Kier molecular flexibility index (Phi) is 4.23. The zero-order chi connectivity index (χ0) is 19.8. The monoisotopic (exact) mass is 373 g/mol. The lowest BCUT2D eigenvalue weighted by Gasteiger charge is -2.26. The number of carbonyl (C=O) groups excluding carboxylic acids is 1. The number of methoxy groups -OCH3 is 1. The summed E-state index contributed by atoms with van der Waals surface area (Å²) in [5.74, 6) is -0.305. The first kappa shape index (κ1) is 17.9. The van der Waals surface area contributed by atoms with Crippen molar-refractivity contribution >= 4 is 11.7 Å². The third-order valence-corrected chi connectivity index (χ3v) is 5.77. The van der Waals surface area contributed by atoms with Gasteiger partial charge in [0.05, 0.1) is 12.0 Å². The fourth-order valence-corrected chi connectivity index (χ4v) is 4.42. The molecule has 0 unspecified atom stereocenters. The Labute approximate surface area is 162 Å². The van der Waals surface area contributed by atoms with E-state index < -0.39 is 15.8 Å². The van der Waals surface area contributed by atoms with Crippen LogP contribution in [-0.2, 0) is 20.4 Å². The van der Waals surface area contributed by atoms with Gasteiger partial charge in [-0.15, -0.1) is 0 Å². The summed E-state index contributed by atoms with van der Waals surface area (Å²) in [6, 6.07) is 25.9. The third kappa shape index (κ3) is 2.43. The Bertz CT molecular complexity index is 1020. The molecule has 0 spiro atoms. The number of nitro groups is 1. The third-order valence-electron chi connectivity index (χ3n) is 5.77. The van der Waals surface area contributed by atoms with E-state index >= 15 is 0 Å². The second-order valence-electron chi connectivity index (χ2n) is 7.02. The maximum atomic E-state index is 13.1. The molecule has 5 nitrogen and oxygen atoms in total. The molecule has 0 aliphatic heterocycles. The van der Waals surface area contributed by atoms with Gasteiger partial charge in [0.25, 0.3) is 5.69 Å². The molecule has 3 aromatic carbocycles. The van der Waals surface area contributed by atoms with Crippen LogP contribution in [0.3, 0.4) is 0 Å². The summed E-state index contributed by atoms with van der Waals surface area (Å²) in [4.78, 5) is 23.8. The van der Waals surface area contributed by atoms with Crippen molar-refractivity contribution in [1.29, 1.82) is 0 Å². The van der Waals surface area contributed by atoms with Crippen LogP contribution in [0, 0.1) is 10.1 Å². The topological polar surface area (TPSA) is 69.4 Å². The molecule has 5 heteroatoms. The largest absolute Gasteiger partial charge is 0.468 e. The molecule has 2 atom stereocenters. The molecule has 140 valence electrons. The van der Waals surface area contributed by atoms with Crippen LogP contribution in [0.2, 0.25) is 0 Å². The molecule has 0 aromatic heterocycles. The number of hydrogen-bond acceptors (Lipinski definition) is 4. The average molecular weight is 373 g/mol. The smallest absolute Gasteiger partial charge is 0.317 e. The van der Waals surface area contributed by atoms with E-state index in [1.807, 2.05) is 60.7 Å². The summed E-state index contributed by atoms with van der Waals surface area (Å²) in [7, 11) is 1.40. The standard InChI is InChI=1S/C23H19NO4/c1-28-21(25)23(18-10-6-3-7-11-18)16-22(23,17-8-4-2-5-9-17)19-12-14-20(15-13-19)24(26)27/h2-15H,16H2,1H3/t22-,23+/m1/s1. The summed E-state index contributed by atoms with van der Waals surface area (Å²) >= 11 is 0. The molecule has 1 aliphatic carbocycles. The molecule has 0 N–H and O–H groups in total. The van der Waals surface area contributed by atoms with Crippen molar-refractivity contribution in [2.45, 2.75) is 17.3 Å². The van der Waals surface area contributed by atoms with Crippen molar-refractivity contribution < 1.29 is 14.5 Å². The number of benzene rings is 3. The van der Waals surface area contributed by atoms with Gasteiger partial charge in [-0.05, 0) is 23.1 Å². The zero-order valence-electron chi connectivity index (χ0n) is 15.4. The predicted octanol–water partition coefficient (Wildman–Crippen LogP) is 4.40. The van der Waals surface area contributed by atoms with Crippen LogP contribution in [0.15, 0.2) is 84.9 Å². The van der Waals surface area contributed by atoms with Crippen LogP contribution in [0.5, 0.6) is 0 Å². The van der Waals surface area contributed by atoms with E-state index in [0.29, 0.717) is 6.42 Å². The Hall–Kier alpha value is -3.47. The number of non-ortho nitro benzene ring substituents is 1. The van der Waals surface area contributed by atoms with E-state index in [1.54, 1.807) is 12.1 Å². The van der Waals surface area contributed by atoms with Gasteiger partial charge in [0.2, 0.25) is 0 Å². The van der Waals surface area contributed by atoms with Gasteiger partial charge in [-0.1, -0.05) is 72.8 Å². The number of nitro benzene ring substituents is 1. The Morgan fingerprint density at radius 2 is 1.36 bits per heavy atom. The van der Waals surface area contributed by atoms with Crippen molar-refractivity contribution in [3.05, 3.63) is 112 Å². The molecule has 0 heterocycles. The molecule has 28 heavy (non-hydrogen) atoms. The minimum Gasteiger partial charge on any atom is -0.468 e. The van der Waals surface area contributed by atoms with E-state index in [9.17, 15) is 14.9 Å². The van der Waals surface area contributed by atoms with Crippen molar-refractivity contribution in [3.8, 4) is 0 Å². The highest BCUT2D eigenvalue weighted by Gasteiger charge is 2.74. The number of hydrogen-bond donors (Lipinski definition) is 0. The predicted molar refractivity (Wildman–Crippen MR) is 105 cm³/mol. The van der Waals surface area contributed by atoms with Gasteiger partial charge < -0.3 is 4.74 Å². The fraction of sp³-hybridized carbons (Fsp3) is 0.174. The molecule has 4 rings (SSSR count). The fourth-order valence-electron chi connectivity index (χ4n) is 4.42. The second-order valence-corrected chi connectivity index (χ2v) is 7.02. The summed E-state index contributed by atoms with van der Waals surface area (Å²) in [5, 5.41) is 11.1. The first-order valence-electron chi connectivity index (χ1n) is 9.01. The quantitative estimate of drug-likeness (QED) is 0.378. The van der Waals surface area contributed by atoms with Crippen molar-refractivity contribution in [2.75, 3.05) is 7.11 Å². The first-order chi connectivity index (χ1) is 13.6. The lowest BCUT2D eigenvalue weighted by Crippen LogP contribution is -2.32. The highest BCUT2D eigenvalue weighted by molar-refractivity contribution is 5.93. The first-order valence-corrected chi connectivity index (χ1v) is 9.01. The van der Waals surface area contributed by atoms with Crippen LogP contribution >= 0.6 is 0 Å². The Morgan fingerprint density at radius 1 is 0.857 bits per heavy atom. The second kappa shape index (κ2) is 6.60. The van der Waals surface area contributed by atoms with Gasteiger partial charge in [-0.2, -0.15) is 0 Å². The van der Waals surface area contributed by atoms with Gasteiger partial charge in [0.1, 0.15) is 5.41 Å². The van der Waals surface area contributed by atoms with Gasteiger partial charge >= 0.3 is 5.97 Å². The van der Waals surface area contributed by atoms with Crippen LogP contribution in [0.25, 0.3) is 0 Å². The molecule has 0 bridgehead atoms. The number of rotatable bonds is 5. The molecule has 0 amide bonds. The zero-order valence-corrected chi connectivity index (χ0v) is 15.4. The lowest BCUT2D eigenvalue weighted by atomic mass is 9.77. The molecular formula is C23H19NO4. The Morgan fingerprint density at radius 3 is 1.86 bits per heavy atom. The van der Waals surface area contributed by atoms with Crippen molar-refractivity contribution in [1.82, 2.24) is 0 Å². The normalized spacial score (nSPS) is 23.0.